The number of carbonyl (C=O) groups excluding carboxylic acids is 1. The zero-order valence-electron chi connectivity index (χ0n) is 7.79. The van der Waals surface area contributed by atoms with E-state index in [4.69, 9.17) is 0 Å². The predicted octanol–water partition coefficient (Wildman–Crippen LogP) is 1.91. The lowest BCUT2D eigenvalue weighted by Crippen LogP contribution is -2.05. The number of anilines is 1. The van der Waals surface area contributed by atoms with Gasteiger partial charge in [0.1, 0.15) is 5.75 Å². The Morgan fingerprint density at radius 3 is 2.77 bits per heavy atom. The average molecular weight is 179 g/mol. The number of phenols is 1. The molecule has 0 bridgehead atoms. The number of aryl methyl sites for hydroxylation is 1. The van der Waals surface area contributed by atoms with E-state index in [1.165, 1.54) is 6.92 Å². The van der Waals surface area contributed by atoms with Crippen molar-refractivity contribution in [1.29, 1.82) is 0 Å². The number of rotatable bonds is 2. The Bertz CT molecular complexity index is 321. The second-order valence-corrected chi connectivity index (χ2v) is 2.88. The molecule has 0 aliphatic heterocycles. The van der Waals surface area contributed by atoms with Crippen LogP contribution in [0.25, 0.3) is 0 Å². The number of benzene rings is 1. The van der Waals surface area contributed by atoms with E-state index in [9.17, 15) is 9.90 Å². The molecule has 0 atom stereocenters. The summed E-state index contributed by atoms with van der Waals surface area (Å²) in [4.78, 5) is 10.7. The van der Waals surface area contributed by atoms with Crippen molar-refractivity contribution in [3.05, 3.63) is 23.8 Å². The molecule has 13 heavy (non-hydrogen) atoms. The zero-order chi connectivity index (χ0) is 9.84. The summed E-state index contributed by atoms with van der Waals surface area (Å²) in [6.07, 6.45) is 0.749. The SMILES string of the molecule is CCc1cc(NC(C)=O)ccc1O. The summed E-state index contributed by atoms with van der Waals surface area (Å²) in [5, 5.41) is 12.0. The van der Waals surface area contributed by atoms with Gasteiger partial charge < -0.3 is 10.4 Å². The summed E-state index contributed by atoms with van der Waals surface area (Å²) in [6.45, 7) is 3.41. The Hall–Kier alpha value is -1.51. The van der Waals surface area contributed by atoms with Crippen molar-refractivity contribution < 1.29 is 9.90 Å². The van der Waals surface area contributed by atoms with Gasteiger partial charge in [-0.05, 0) is 30.2 Å². The van der Waals surface area contributed by atoms with Gasteiger partial charge in [-0.1, -0.05) is 6.92 Å². The van der Waals surface area contributed by atoms with Crippen LogP contribution in [0.3, 0.4) is 0 Å². The highest BCUT2D eigenvalue weighted by Gasteiger charge is 2.01. The summed E-state index contributed by atoms with van der Waals surface area (Å²) in [7, 11) is 0. The summed E-state index contributed by atoms with van der Waals surface area (Å²) in [6, 6.07) is 5.04. The summed E-state index contributed by atoms with van der Waals surface area (Å²) in [5.41, 5.74) is 1.56. The lowest BCUT2D eigenvalue weighted by Gasteiger charge is -2.05. The number of hydrogen-bond acceptors (Lipinski definition) is 2. The highest BCUT2D eigenvalue weighted by atomic mass is 16.3. The molecule has 0 aromatic heterocycles. The van der Waals surface area contributed by atoms with Crippen LogP contribution in [0.1, 0.15) is 19.4 Å². The Morgan fingerprint density at radius 1 is 1.54 bits per heavy atom. The number of hydrogen-bond donors (Lipinski definition) is 2. The van der Waals surface area contributed by atoms with Gasteiger partial charge in [-0.15, -0.1) is 0 Å². The van der Waals surface area contributed by atoms with Crippen LogP contribution in [0.4, 0.5) is 5.69 Å². The van der Waals surface area contributed by atoms with Crippen LogP contribution in [0, 0.1) is 0 Å². The molecule has 3 nitrogen and oxygen atoms in total. The number of amides is 1. The largest absolute Gasteiger partial charge is 0.508 e. The van der Waals surface area contributed by atoms with E-state index >= 15 is 0 Å². The standard InChI is InChI=1S/C10H13NO2/c1-3-8-6-9(11-7(2)12)4-5-10(8)13/h4-6,13H,3H2,1-2H3,(H,11,12). The maximum absolute atomic E-state index is 10.7. The fraction of sp³-hybridized carbons (Fsp3) is 0.300. The van der Waals surface area contributed by atoms with Crippen molar-refractivity contribution in [1.82, 2.24) is 0 Å². The molecule has 70 valence electrons. The molecule has 1 aromatic carbocycles. The number of aromatic hydroxyl groups is 1. The first-order valence-electron chi connectivity index (χ1n) is 4.23. The van der Waals surface area contributed by atoms with Crippen molar-refractivity contribution >= 4 is 11.6 Å². The van der Waals surface area contributed by atoms with Crippen LogP contribution in [0.15, 0.2) is 18.2 Å². The van der Waals surface area contributed by atoms with Crippen LogP contribution >= 0.6 is 0 Å². The predicted molar refractivity (Wildman–Crippen MR) is 51.8 cm³/mol. The van der Waals surface area contributed by atoms with E-state index in [1.54, 1.807) is 18.2 Å². The van der Waals surface area contributed by atoms with Gasteiger partial charge in [0, 0.05) is 12.6 Å². The molecular weight excluding hydrogens is 166 g/mol. The van der Waals surface area contributed by atoms with E-state index < -0.39 is 0 Å². The van der Waals surface area contributed by atoms with Gasteiger partial charge in [-0.25, -0.2) is 0 Å². The van der Waals surface area contributed by atoms with E-state index in [2.05, 4.69) is 5.32 Å². The fourth-order valence-corrected chi connectivity index (χ4v) is 1.15. The highest BCUT2D eigenvalue weighted by Crippen LogP contribution is 2.21. The third-order valence-corrected chi connectivity index (χ3v) is 1.78. The smallest absolute Gasteiger partial charge is 0.221 e. The first kappa shape index (κ1) is 9.58. The van der Waals surface area contributed by atoms with Crippen molar-refractivity contribution in [3.63, 3.8) is 0 Å². The molecule has 1 aromatic rings. The van der Waals surface area contributed by atoms with Gasteiger partial charge in [-0.3, -0.25) is 4.79 Å². The third kappa shape index (κ3) is 2.47. The second kappa shape index (κ2) is 3.94. The fourth-order valence-electron chi connectivity index (χ4n) is 1.15. The maximum Gasteiger partial charge on any atom is 0.221 e. The minimum absolute atomic E-state index is 0.104. The van der Waals surface area contributed by atoms with Gasteiger partial charge in [0.2, 0.25) is 5.91 Å². The van der Waals surface area contributed by atoms with Crippen LogP contribution in [0.2, 0.25) is 0 Å². The topological polar surface area (TPSA) is 49.3 Å². The normalized spacial score (nSPS) is 9.69. The minimum Gasteiger partial charge on any atom is -0.508 e. The molecule has 0 spiro atoms. The molecule has 0 aliphatic rings. The van der Waals surface area contributed by atoms with E-state index in [1.807, 2.05) is 6.92 Å². The number of nitrogens with one attached hydrogen (secondary N) is 1. The van der Waals surface area contributed by atoms with Gasteiger partial charge >= 0.3 is 0 Å². The first-order chi connectivity index (χ1) is 6.13. The number of carbonyl (C=O) groups is 1. The molecule has 0 heterocycles. The Kier molecular flexibility index (Phi) is 2.90. The van der Waals surface area contributed by atoms with Crippen molar-refractivity contribution in [2.24, 2.45) is 0 Å². The second-order valence-electron chi connectivity index (χ2n) is 2.88. The van der Waals surface area contributed by atoms with Crippen molar-refractivity contribution in [2.75, 3.05) is 5.32 Å². The van der Waals surface area contributed by atoms with Crippen molar-refractivity contribution in [3.8, 4) is 5.75 Å². The molecule has 3 heteroatoms. The van der Waals surface area contributed by atoms with Gasteiger partial charge in [0.25, 0.3) is 0 Å². The minimum atomic E-state index is -0.104. The third-order valence-electron chi connectivity index (χ3n) is 1.78. The molecule has 1 amide bonds. The summed E-state index contributed by atoms with van der Waals surface area (Å²) in [5.74, 6) is 0.171. The van der Waals surface area contributed by atoms with Gasteiger partial charge in [0.15, 0.2) is 0 Å². The van der Waals surface area contributed by atoms with Crippen LogP contribution < -0.4 is 5.32 Å². The van der Waals surface area contributed by atoms with E-state index in [-0.39, 0.29) is 11.7 Å². The molecule has 1 rings (SSSR count). The Labute approximate surface area is 77.4 Å². The van der Waals surface area contributed by atoms with Gasteiger partial charge in [0.05, 0.1) is 0 Å². The lowest BCUT2D eigenvalue weighted by atomic mass is 10.1. The molecule has 0 aliphatic carbocycles. The lowest BCUT2D eigenvalue weighted by molar-refractivity contribution is -0.114. The molecule has 0 unspecified atom stereocenters. The monoisotopic (exact) mass is 179 g/mol. The maximum atomic E-state index is 10.7. The summed E-state index contributed by atoms with van der Waals surface area (Å²) < 4.78 is 0. The Morgan fingerprint density at radius 2 is 2.23 bits per heavy atom. The average Bonchev–Trinajstić information content (AvgIpc) is 2.07. The molecule has 2 N–H and O–H groups in total. The molecule has 0 saturated heterocycles. The van der Waals surface area contributed by atoms with Crippen LogP contribution in [-0.2, 0) is 11.2 Å². The highest BCUT2D eigenvalue weighted by molar-refractivity contribution is 5.88. The Balaban J connectivity index is 2.92. The van der Waals surface area contributed by atoms with Crippen molar-refractivity contribution in [2.45, 2.75) is 20.3 Å². The molecule has 0 radical (unpaired) electrons. The quantitative estimate of drug-likeness (QED) is 0.681. The van der Waals surface area contributed by atoms with E-state index in [0.717, 1.165) is 17.7 Å². The molecule has 0 fully saturated rings. The number of phenolic OH excluding ortho intramolecular Hbond substituents is 1. The van der Waals surface area contributed by atoms with Crippen LogP contribution in [0.5, 0.6) is 5.75 Å². The molecular formula is C10H13NO2. The van der Waals surface area contributed by atoms with Crippen LogP contribution in [-0.4, -0.2) is 11.0 Å². The van der Waals surface area contributed by atoms with E-state index in [0.29, 0.717) is 0 Å². The van der Waals surface area contributed by atoms with Gasteiger partial charge in [-0.2, -0.15) is 0 Å². The first-order valence-corrected chi connectivity index (χ1v) is 4.23. The molecule has 0 saturated carbocycles. The zero-order valence-corrected chi connectivity index (χ0v) is 7.79. The summed E-state index contributed by atoms with van der Waals surface area (Å²) >= 11 is 0.